The highest BCUT2D eigenvalue weighted by Crippen LogP contribution is 2.07. The van der Waals surface area contributed by atoms with Crippen molar-refractivity contribution in [3.63, 3.8) is 0 Å². The Morgan fingerprint density at radius 2 is 2.21 bits per heavy atom. The molecule has 1 heterocycles. The van der Waals surface area contributed by atoms with Gasteiger partial charge >= 0.3 is 0 Å². The Labute approximate surface area is 83.2 Å². The van der Waals surface area contributed by atoms with Crippen molar-refractivity contribution >= 4 is 10.0 Å². The smallest absolute Gasteiger partial charge is 0.242 e. The monoisotopic (exact) mass is 218 g/mol. The Morgan fingerprint density at radius 3 is 2.64 bits per heavy atom. The van der Waals surface area contributed by atoms with Crippen molar-refractivity contribution in [3.8, 4) is 0 Å². The van der Waals surface area contributed by atoms with Crippen LogP contribution in [0.25, 0.3) is 0 Å². The molecular formula is C8H14N2O3S. The summed E-state index contributed by atoms with van der Waals surface area (Å²) >= 11 is 0. The summed E-state index contributed by atoms with van der Waals surface area (Å²) in [6.07, 6.45) is 2.91. The van der Waals surface area contributed by atoms with E-state index in [1.54, 1.807) is 0 Å². The number of rotatable bonds is 4. The molecular weight excluding hydrogens is 204 g/mol. The fourth-order valence-electron chi connectivity index (χ4n) is 0.831. The molecule has 1 aromatic heterocycles. The number of aromatic nitrogens is 1. The van der Waals surface area contributed by atoms with Gasteiger partial charge in [-0.15, -0.1) is 0 Å². The first kappa shape index (κ1) is 11.2. The summed E-state index contributed by atoms with van der Waals surface area (Å²) in [6, 6.07) is 1.45. The molecule has 0 amide bonds. The highest BCUT2D eigenvalue weighted by atomic mass is 32.2. The Kier molecular flexibility index (Phi) is 2.98. The van der Waals surface area contributed by atoms with E-state index in [1.165, 1.54) is 32.3 Å². The molecule has 0 aliphatic rings. The van der Waals surface area contributed by atoms with Crippen molar-refractivity contribution in [3.05, 3.63) is 18.5 Å². The van der Waals surface area contributed by atoms with E-state index >= 15 is 0 Å². The van der Waals surface area contributed by atoms with Crippen LogP contribution in [-0.2, 0) is 10.0 Å². The molecule has 1 rings (SSSR count). The molecule has 5 nitrogen and oxygen atoms in total. The lowest BCUT2D eigenvalue weighted by Crippen LogP contribution is -2.38. The predicted octanol–water partition coefficient (Wildman–Crippen LogP) is 0.0639. The van der Waals surface area contributed by atoms with Crippen molar-refractivity contribution in [2.24, 2.45) is 0 Å². The van der Waals surface area contributed by atoms with Crippen molar-refractivity contribution in [1.82, 2.24) is 9.71 Å². The average molecular weight is 218 g/mol. The molecule has 0 aromatic carbocycles. The maximum Gasteiger partial charge on any atom is 0.242 e. The molecule has 3 N–H and O–H groups in total. The number of aliphatic hydroxyl groups is 1. The molecule has 0 spiro atoms. The zero-order valence-electron chi connectivity index (χ0n) is 8.11. The molecule has 0 aliphatic carbocycles. The minimum absolute atomic E-state index is 0.0134. The van der Waals surface area contributed by atoms with E-state index in [0.29, 0.717) is 0 Å². The molecule has 14 heavy (non-hydrogen) atoms. The van der Waals surface area contributed by atoms with Gasteiger partial charge in [-0.3, -0.25) is 0 Å². The van der Waals surface area contributed by atoms with E-state index in [2.05, 4.69) is 9.71 Å². The number of sulfonamides is 1. The van der Waals surface area contributed by atoms with Crippen molar-refractivity contribution in [2.45, 2.75) is 24.3 Å². The molecule has 0 fully saturated rings. The van der Waals surface area contributed by atoms with E-state index < -0.39 is 15.6 Å². The van der Waals surface area contributed by atoms with Gasteiger partial charge in [0.25, 0.3) is 0 Å². The second-order valence-corrected chi connectivity index (χ2v) is 5.45. The second kappa shape index (κ2) is 3.72. The van der Waals surface area contributed by atoms with Crippen LogP contribution in [-0.4, -0.2) is 30.7 Å². The van der Waals surface area contributed by atoms with Gasteiger partial charge < -0.3 is 10.1 Å². The van der Waals surface area contributed by atoms with Gasteiger partial charge in [0.15, 0.2) is 0 Å². The van der Waals surface area contributed by atoms with Gasteiger partial charge in [0, 0.05) is 18.9 Å². The van der Waals surface area contributed by atoms with Crippen LogP contribution < -0.4 is 4.72 Å². The maximum atomic E-state index is 11.5. The summed E-state index contributed by atoms with van der Waals surface area (Å²) < 4.78 is 25.3. The molecule has 0 bridgehead atoms. The first-order chi connectivity index (χ1) is 6.31. The van der Waals surface area contributed by atoms with E-state index in [-0.39, 0.29) is 11.4 Å². The first-order valence-corrected chi connectivity index (χ1v) is 5.64. The van der Waals surface area contributed by atoms with Gasteiger partial charge in [0.1, 0.15) is 0 Å². The van der Waals surface area contributed by atoms with E-state index in [0.717, 1.165) is 0 Å². The SMILES string of the molecule is CC(C)(O)CNS(=O)(=O)c1cc[nH]c1. The average Bonchev–Trinajstić information content (AvgIpc) is 2.52. The fourth-order valence-corrected chi connectivity index (χ4v) is 2.01. The summed E-state index contributed by atoms with van der Waals surface area (Å²) in [5.74, 6) is 0. The molecule has 80 valence electrons. The van der Waals surface area contributed by atoms with Crippen LogP contribution in [0.5, 0.6) is 0 Å². The number of hydrogen-bond donors (Lipinski definition) is 3. The molecule has 0 unspecified atom stereocenters. The van der Waals surface area contributed by atoms with Gasteiger partial charge in [-0.2, -0.15) is 0 Å². The largest absolute Gasteiger partial charge is 0.389 e. The lowest BCUT2D eigenvalue weighted by atomic mass is 10.1. The third kappa shape index (κ3) is 3.13. The lowest BCUT2D eigenvalue weighted by molar-refractivity contribution is 0.0857. The Balaban J connectivity index is 2.70. The second-order valence-electron chi connectivity index (χ2n) is 3.68. The van der Waals surface area contributed by atoms with Crippen LogP contribution in [0.3, 0.4) is 0 Å². The van der Waals surface area contributed by atoms with Gasteiger partial charge in [-0.25, -0.2) is 13.1 Å². The van der Waals surface area contributed by atoms with Crippen LogP contribution in [0, 0.1) is 0 Å². The molecule has 1 aromatic rings. The standard InChI is InChI=1S/C8H14N2O3S/c1-8(2,11)6-10-14(12,13)7-3-4-9-5-7/h3-5,9-11H,6H2,1-2H3. The highest BCUT2D eigenvalue weighted by Gasteiger charge is 2.19. The Hall–Kier alpha value is -0.850. The zero-order valence-corrected chi connectivity index (χ0v) is 8.93. The van der Waals surface area contributed by atoms with Crippen molar-refractivity contribution in [1.29, 1.82) is 0 Å². The van der Waals surface area contributed by atoms with E-state index in [9.17, 15) is 13.5 Å². The molecule has 0 saturated carbocycles. The van der Waals surface area contributed by atoms with Gasteiger partial charge in [0.2, 0.25) is 10.0 Å². The number of H-pyrrole nitrogens is 1. The predicted molar refractivity (Wildman–Crippen MR) is 52.3 cm³/mol. The molecule has 6 heteroatoms. The minimum atomic E-state index is -3.49. The summed E-state index contributed by atoms with van der Waals surface area (Å²) in [4.78, 5) is 2.82. The zero-order chi connectivity index (χ0) is 10.8. The summed E-state index contributed by atoms with van der Waals surface area (Å²) in [6.45, 7) is 3.06. The molecule has 0 aliphatic heterocycles. The van der Waals surface area contributed by atoms with E-state index in [4.69, 9.17) is 0 Å². The normalized spacial score (nSPS) is 13.1. The molecule has 0 atom stereocenters. The summed E-state index contributed by atoms with van der Waals surface area (Å²) in [5.41, 5.74) is -1.05. The van der Waals surface area contributed by atoms with Crippen molar-refractivity contribution < 1.29 is 13.5 Å². The van der Waals surface area contributed by atoms with Crippen LogP contribution in [0.2, 0.25) is 0 Å². The number of hydrogen-bond acceptors (Lipinski definition) is 3. The third-order valence-corrected chi connectivity index (χ3v) is 2.97. The highest BCUT2D eigenvalue weighted by molar-refractivity contribution is 7.89. The number of aromatic amines is 1. The minimum Gasteiger partial charge on any atom is -0.389 e. The molecule has 0 saturated heterocycles. The third-order valence-electron chi connectivity index (χ3n) is 1.57. The topological polar surface area (TPSA) is 82.2 Å². The van der Waals surface area contributed by atoms with Gasteiger partial charge in [0.05, 0.1) is 10.5 Å². The summed E-state index contributed by atoms with van der Waals surface area (Å²) in [5, 5.41) is 9.34. The Morgan fingerprint density at radius 1 is 1.57 bits per heavy atom. The fraction of sp³-hybridized carbons (Fsp3) is 0.500. The maximum absolute atomic E-state index is 11.5. The van der Waals surface area contributed by atoms with Gasteiger partial charge in [-0.05, 0) is 19.9 Å². The quantitative estimate of drug-likeness (QED) is 0.668. The Bertz CT molecular complexity index is 375. The number of nitrogens with one attached hydrogen (secondary N) is 2. The van der Waals surface area contributed by atoms with Crippen LogP contribution >= 0.6 is 0 Å². The van der Waals surface area contributed by atoms with Crippen molar-refractivity contribution in [2.75, 3.05) is 6.54 Å². The van der Waals surface area contributed by atoms with E-state index in [1.807, 2.05) is 0 Å². The molecule has 0 radical (unpaired) electrons. The van der Waals surface area contributed by atoms with Crippen LogP contribution in [0.15, 0.2) is 23.4 Å². The summed E-state index contributed by atoms with van der Waals surface area (Å²) in [7, 11) is -3.49. The van der Waals surface area contributed by atoms with Crippen LogP contribution in [0.1, 0.15) is 13.8 Å². The lowest BCUT2D eigenvalue weighted by Gasteiger charge is -2.17. The first-order valence-electron chi connectivity index (χ1n) is 4.16. The van der Waals surface area contributed by atoms with Gasteiger partial charge in [-0.1, -0.05) is 0 Å². The van der Waals surface area contributed by atoms with Crippen LogP contribution in [0.4, 0.5) is 0 Å².